The van der Waals surface area contributed by atoms with Crippen molar-refractivity contribution in [2.45, 2.75) is 13.3 Å². The van der Waals surface area contributed by atoms with E-state index in [-0.39, 0.29) is 5.76 Å². The molecular formula is C14H16N4OS. The summed E-state index contributed by atoms with van der Waals surface area (Å²) < 4.78 is 0. The highest BCUT2D eigenvalue weighted by atomic mass is 32.1. The van der Waals surface area contributed by atoms with Gasteiger partial charge in [0.15, 0.2) is 0 Å². The molecule has 0 saturated carbocycles. The number of rotatable bonds is 3. The molecule has 0 aliphatic carbocycles. The van der Waals surface area contributed by atoms with Crippen LogP contribution in [0, 0.1) is 5.92 Å². The smallest absolute Gasteiger partial charge is 0.225 e. The number of thiazole rings is 1. The van der Waals surface area contributed by atoms with Crippen molar-refractivity contribution in [1.82, 2.24) is 15.0 Å². The third-order valence-electron chi connectivity index (χ3n) is 3.38. The summed E-state index contributed by atoms with van der Waals surface area (Å²) in [5.74, 6) is 1.52. The zero-order chi connectivity index (χ0) is 14.1. The zero-order valence-corrected chi connectivity index (χ0v) is 12.1. The molecule has 1 aliphatic heterocycles. The van der Waals surface area contributed by atoms with Crippen molar-refractivity contribution in [1.29, 1.82) is 0 Å². The molecule has 0 radical (unpaired) electrons. The fourth-order valence-corrected chi connectivity index (χ4v) is 3.01. The van der Waals surface area contributed by atoms with Crippen LogP contribution < -0.4 is 4.90 Å². The highest BCUT2D eigenvalue weighted by Crippen LogP contribution is 2.28. The fourth-order valence-electron chi connectivity index (χ4n) is 2.25. The van der Waals surface area contributed by atoms with Gasteiger partial charge in [-0.3, -0.25) is 0 Å². The molecule has 5 nitrogen and oxygen atoms in total. The summed E-state index contributed by atoms with van der Waals surface area (Å²) in [5.41, 5.74) is 0.860. The van der Waals surface area contributed by atoms with E-state index in [0.717, 1.165) is 29.6 Å². The van der Waals surface area contributed by atoms with Crippen LogP contribution in [-0.4, -0.2) is 33.1 Å². The van der Waals surface area contributed by atoms with Gasteiger partial charge in [-0.15, -0.1) is 11.3 Å². The average Bonchev–Trinajstić information content (AvgIpc) is 3.08. The van der Waals surface area contributed by atoms with Crippen LogP contribution in [-0.2, 0) is 0 Å². The Balaban J connectivity index is 1.80. The zero-order valence-electron chi connectivity index (χ0n) is 11.3. The number of anilines is 1. The molecule has 1 N–H and O–H groups in total. The lowest BCUT2D eigenvalue weighted by Gasteiger charge is -2.15. The molecule has 1 saturated heterocycles. The van der Waals surface area contributed by atoms with Gasteiger partial charge in [0, 0.05) is 37.2 Å². The Kier molecular flexibility index (Phi) is 3.40. The van der Waals surface area contributed by atoms with Crippen LogP contribution in [0.1, 0.15) is 18.2 Å². The third kappa shape index (κ3) is 2.51. The predicted octanol–water partition coefficient (Wildman–Crippen LogP) is 2.98. The maximum absolute atomic E-state index is 9.33. The molecule has 0 aromatic carbocycles. The first-order valence-electron chi connectivity index (χ1n) is 6.55. The summed E-state index contributed by atoms with van der Waals surface area (Å²) in [7, 11) is 0. The standard InChI is InChI=1S/C14H16N4OS/c1-9-3-4-18(8-9)14-16-5-11(6-17-14)13-15-7-12(20-13)10(2)19/h5-7,9,19H,2-4,8H2,1H3. The number of aliphatic hydroxyl groups excluding tert-OH is 1. The minimum Gasteiger partial charge on any atom is -0.507 e. The van der Waals surface area contributed by atoms with Gasteiger partial charge in [-0.05, 0) is 12.3 Å². The number of aromatic nitrogens is 3. The first kappa shape index (κ1) is 13.1. The van der Waals surface area contributed by atoms with E-state index >= 15 is 0 Å². The number of hydrogen-bond donors (Lipinski definition) is 1. The molecule has 1 aliphatic rings. The van der Waals surface area contributed by atoms with E-state index in [4.69, 9.17) is 0 Å². The number of nitrogens with zero attached hydrogens (tertiary/aromatic N) is 4. The molecule has 1 fully saturated rings. The van der Waals surface area contributed by atoms with Crippen molar-refractivity contribution in [3.63, 3.8) is 0 Å². The van der Waals surface area contributed by atoms with Crippen LogP contribution in [0.3, 0.4) is 0 Å². The molecule has 20 heavy (non-hydrogen) atoms. The van der Waals surface area contributed by atoms with E-state index in [1.54, 1.807) is 18.6 Å². The van der Waals surface area contributed by atoms with E-state index in [0.29, 0.717) is 10.8 Å². The molecule has 2 aromatic rings. The van der Waals surface area contributed by atoms with Gasteiger partial charge in [0.2, 0.25) is 5.95 Å². The van der Waals surface area contributed by atoms with Gasteiger partial charge in [-0.1, -0.05) is 13.5 Å². The molecule has 1 atom stereocenters. The van der Waals surface area contributed by atoms with E-state index in [9.17, 15) is 5.11 Å². The highest BCUT2D eigenvalue weighted by molar-refractivity contribution is 7.16. The molecule has 1 unspecified atom stereocenters. The van der Waals surface area contributed by atoms with Crippen molar-refractivity contribution in [2.75, 3.05) is 18.0 Å². The first-order chi connectivity index (χ1) is 9.63. The van der Waals surface area contributed by atoms with Gasteiger partial charge in [-0.25, -0.2) is 15.0 Å². The summed E-state index contributed by atoms with van der Waals surface area (Å²) in [6, 6.07) is 0. The van der Waals surface area contributed by atoms with Crippen LogP contribution >= 0.6 is 11.3 Å². The van der Waals surface area contributed by atoms with Gasteiger partial charge in [-0.2, -0.15) is 0 Å². The Hall–Kier alpha value is -1.95. The second-order valence-corrected chi connectivity index (χ2v) is 6.12. The molecular weight excluding hydrogens is 272 g/mol. The van der Waals surface area contributed by atoms with Gasteiger partial charge in [0.1, 0.15) is 10.8 Å². The molecule has 0 spiro atoms. The fraction of sp³-hybridized carbons (Fsp3) is 0.357. The molecule has 6 heteroatoms. The van der Waals surface area contributed by atoms with Crippen molar-refractivity contribution in [3.05, 3.63) is 30.0 Å². The van der Waals surface area contributed by atoms with E-state index < -0.39 is 0 Å². The normalized spacial score (nSPS) is 18.4. The summed E-state index contributed by atoms with van der Waals surface area (Å²) in [6.45, 7) is 7.78. The first-order valence-corrected chi connectivity index (χ1v) is 7.36. The quantitative estimate of drug-likeness (QED) is 0.880. The van der Waals surface area contributed by atoms with Gasteiger partial charge in [0.05, 0.1) is 4.88 Å². The van der Waals surface area contributed by atoms with E-state index in [1.165, 1.54) is 17.8 Å². The monoisotopic (exact) mass is 288 g/mol. The van der Waals surface area contributed by atoms with Crippen LogP contribution in [0.5, 0.6) is 0 Å². The molecule has 2 aromatic heterocycles. The van der Waals surface area contributed by atoms with Crippen molar-refractivity contribution < 1.29 is 5.11 Å². The minimum absolute atomic E-state index is 0.0392. The second-order valence-electron chi connectivity index (χ2n) is 5.09. The SMILES string of the molecule is C=C(O)c1cnc(-c2cnc(N3CCC(C)C3)nc2)s1. The van der Waals surface area contributed by atoms with E-state index in [2.05, 4.69) is 33.4 Å². The van der Waals surface area contributed by atoms with Crippen LogP contribution in [0.2, 0.25) is 0 Å². The highest BCUT2D eigenvalue weighted by Gasteiger charge is 2.20. The van der Waals surface area contributed by atoms with E-state index in [1.807, 2.05) is 0 Å². The Bertz CT molecular complexity index is 622. The maximum atomic E-state index is 9.33. The lowest BCUT2D eigenvalue weighted by Crippen LogP contribution is -2.21. The number of aliphatic hydroxyl groups is 1. The third-order valence-corrected chi connectivity index (χ3v) is 4.48. The topological polar surface area (TPSA) is 62.1 Å². The van der Waals surface area contributed by atoms with Crippen molar-refractivity contribution >= 4 is 23.0 Å². The molecule has 3 rings (SSSR count). The van der Waals surface area contributed by atoms with Crippen LogP contribution in [0.15, 0.2) is 25.2 Å². The number of hydrogen-bond acceptors (Lipinski definition) is 6. The van der Waals surface area contributed by atoms with Crippen LogP contribution in [0.25, 0.3) is 16.3 Å². The Morgan fingerprint density at radius 2 is 2.10 bits per heavy atom. The van der Waals surface area contributed by atoms with Crippen molar-refractivity contribution in [3.8, 4) is 10.6 Å². The minimum atomic E-state index is 0.0392. The van der Waals surface area contributed by atoms with Gasteiger partial charge >= 0.3 is 0 Å². The average molecular weight is 288 g/mol. The summed E-state index contributed by atoms with van der Waals surface area (Å²) in [5, 5.41) is 10.1. The van der Waals surface area contributed by atoms with Gasteiger partial charge in [0.25, 0.3) is 0 Å². The summed E-state index contributed by atoms with van der Waals surface area (Å²) >= 11 is 1.38. The molecule has 0 bridgehead atoms. The molecule has 3 heterocycles. The van der Waals surface area contributed by atoms with Crippen molar-refractivity contribution in [2.24, 2.45) is 5.92 Å². The lowest BCUT2D eigenvalue weighted by atomic mass is 10.2. The largest absolute Gasteiger partial charge is 0.507 e. The Morgan fingerprint density at radius 3 is 2.65 bits per heavy atom. The van der Waals surface area contributed by atoms with Gasteiger partial charge < -0.3 is 10.0 Å². The summed E-state index contributed by atoms with van der Waals surface area (Å²) in [6.07, 6.45) is 6.38. The Labute approximate surface area is 121 Å². The summed E-state index contributed by atoms with van der Waals surface area (Å²) in [4.78, 5) is 16.0. The lowest BCUT2D eigenvalue weighted by molar-refractivity contribution is 0.515. The van der Waals surface area contributed by atoms with Crippen LogP contribution in [0.4, 0.5) is 5.95 Å². The second kappa shape index (κ2) is 5.20. The maximum Gasteiger partial charge on any atom is 0.225 e. The predicted molar refractivity (Wildman–Crippen MR) is 80.8 cm³/mol. The molecule has 104 valence electrons. The molecule has 0 amide bonds. The Morgan fingerprint density at radius 1 is 1.35 bits per heavy atom.